The van der Waals surface area contributed by atoms with Crippen molar-refractivity contribution in [1.29, 1.82) is 0 Å². The second kappa shape index (κ2) is 5.10. The Bertz CT molecular complexity index is 493. The summed E-state index contributed by atoms with van der Waals surface area (Å²) in [6, 6.07) is 6.81. The molecule has 0 aliphatic heterocycles. The van der Waals surface area contributed by atoms with Gasteiger partial charge >= 0.3 is 0 Å². The average Bonchev–Trinajstić information content (AvgIpc) is 2.72. The van der Waals surface area contributed by atoms with Gasteiger partial charge in [-0.2, -0.15) is 0 Å². The number of nitrogens with one attached hydrogen (secondary N) is 1. The normalized spacial score (nSPS) is 12.6. The van der Waals surface area contributed by atoms with Crippen molar-refractivity contribution < 1.29 is 4.39 Å². The maximum Gasteiger partial charge on any atom is 0.127 e. The van der Waals surface area contributed by atoms with Crippen LogP contribution >= 0.6 is 0 Å². The van der Waals surface area contributed by atoms with E-state index in [-0.39, 0.29) is 11.9 Å². The van der Waals surface area contributed by atoms with Gasteiger partial charge in [0.15, 0.2) is 0 Å². The Morgan fingerprint density at radius 2 is 2.18 bits per heavy atom. The lowest BCUT2D eigenvalue weighted by molar-refractivity contribution is 0.520. The fourth-order valence-corrected chi connectivity index (χ4v) is 1.75. The number of imidazole rings is 1. The second-order valence-electron chi connectivity index (χ2n) is 4.12. The van der Waals surface area contributed by atoms with Gasteiger partial charge in [-0.3, -0.25) is 0 Å². The highest BCUT2D eigenvalue weighted by atomic mass is 19.1. The fraction of sp³-hybridized carbons (Fsp3) is 0.308. The van der Waals surface area contributed by atoms with Crippen molar-refractivity contribution in [2.24, 2.45) is 7.05 Å². The molecule has 1 N–H and O–H groups in total. The lowest BCUT2D eigenvalue weighted by Gasteiger charge is -2.15. The number of rotatable bonds is 4. The molecule has 0 aliphatic rings. The van der Waals surface area contributed by atoms with Gasteiger partial charge in [0, 0.05) is 31.4 Å². The Balaban J connectivity index is 2.01. The molecule has 17 heavy (non-hydrogen) atoms. The maximum atomic E-state index is 13.5. The number of aromatic nitrogens is 2. The second-order valence-corrected chi connectivity index (χ2v) is 4.12. The molecule has 90 valence electrons. The molecule has 2 rings (SSSR count). The van der Waals surface area contributed by atoms with Crippen molar-refractivity contribution in [3.05, 3.63) is 53.9 Å². The number of hydrogen-bond acceptors (Lipinski definition) is 2. The smallest absolute Gasteiger partial charge is 0.127 e. The Kier molecular flexibility index (Phi) is 3.54. The SMILES string of the molecule is CC(NCc1cncn1C)c1ccccc1F. The molecule has 1 aromatic heterocycles. The maximum absolute atomic E-state index is 13.5. The predicted octanol–water partition coefficient (Wildman–Crippen LogP) is 2.41. The predicted molar refractivity (Wildman–Crippen MR) is 64.9 cm³/mol. The Morgan fingerprint density at radius 1 is 1.41 bits per heavy atom. The molecule has 1 aromatic carbocycles. The molecular weight excluding hydrogens is 217 g/mol. The van der Waals surface area contributed by atoms with Crippen LogP contribution < -0.4 is 5.32 Å². The third-order valence-electron chi connectivity index (χ3n) is 2.88. The average molecular weight is 233 g/mol. The van der Waals surface area contributed by atoms with Crippen LogP contribution in [0, 0.1) is 5.82 Å². The molecule has 2 aromatic rings. The molecule has 0 aliphatic carbocycles. The summed E-state index contributed by atoms with van der Waals surface area (Å²) in [6.07, 6.45) is 3.56. The number of nitrogens with zero attached hydrogens (tertiary/aromatic N) is 2. The summed E-state index contributed by atoms with van der Waals surface area (Å²) in [4.78, 5) is 4.04. The van der Waals surface area contributed by atoms with Gasteiger partial charge in [-0.25, -0.2) is 9.37 Å². The van der Waals surface area contributed by atoms with E-state index < -0.39 is 0 Å². The van der Waals surface area contributed by atoms with E-state index in [1.165, 1.54) is 6.07 Å². The molecular formula is C13H16FN3. The molecule has 0 bridgehead atoms. The number of benzene rings is 1. The van der Waals surface area contributed by atoms with E-state index in [0.29, 0.717) is 12.1 Å². The molecule has 0 spiro atoms. The zero-order chi connectivity index (χ0) is 12.3. The first-order chi connectivity index (χ1) is 8.18. The molecule has 0 fully saturated rings. The highest BCUT2D eigenvalue weighted by molar-refractivity contribution is 5.20. The first-order valence-corrected chi connectivity index (χ1v) is 5.61. The minimum Gasteiger partial charge on any atom is -0.337 e. The molecule has 1 unspecified atom stereocenters. The molecule has 3 nitrogen and oxygen atoms in total. The van der Waals surface area contributed by atoms with Crippen LogP contribution in [0.3, 0.4) is 0 Å². The zero-order valence-electron chi connectivity index (χ0n) is 10.0. The molecule has 0 saturated heterocycles. The van der Waals surface area contributed by atoms with E-state index in [1.807, 2.05) is 24.6 Å². The van der Waals surface area contributed by atoms with Gasteiger partial charge in [-0.1, -0.05) is 18.2 Å². The Morgan fingerprint density at radius 3 is 2.82 bits per heavy atom. The van der Waals surface area contributed by atoms with Crippen molar-refractivity contribution in [2.45, 2.75) is 19.5 Å². The number of aryl methyl sites for hydroxylation is 1. The van der Waals surface area contributed by atoms with Gasteiger partial charge in [-0.05, 0) is 13.0 Å². The quantitative estimate of drug-likeness (QED) is 0.878. The van der Waals surface area contributed by atoms with E-state index in [1.54, 1.807) is 24.7 Å². The van der Waals surface area contributed by atoms with E-state index in [4.69, 9.17) is 0 Å². The summed E-state index contributed by atoms with van der Waals surface area (Å²) in [7, 11) is 1.94. The minimum absolute atomic E-state index is 0.0221. The van der Waals surface area contributed by atoms with Crippen molar-refractivity contribution >= 4 is 0 Å². The van der Waals surface area contributed by atoms with Crippen LogP contribution in [0.25, 0.3) is 0 Å². The fourth-order valence-electron chi connectivity index (χ4n) is 1.75. The third-order valence-corrected chi connectivity index (χ3v) is 2.88. The molecule has 1 heterocycles. The van der Waals surface area contributed by atoms with E-state index in [9.17, 15) is 4.39 Å². The van der Waals surface area contributed by atoms with Gasteiger partial charge in [0.2, 0.25) is 0 Å². The van der Waals surface area contributed by atoms with Gasteiger partial charge in [-0.15, -0.1) is 0 Å². The minimum atomic E-state index is -0.169. The Hall–Kier alpha value is -1.68. The van der Waals surface area contributed by atoms with Gasteiger partial charge in [0.25, 0.3) is 0 Å². The molecule has 4 heteroatoms. The molecule has 1 atom stereocenters. The van der Waals surface area contributed by atoms with Crippen LogP contribution in [-0.4, -0.2) is 9.55 Å². The summed E-state index contributed by atoms with van der Waals surface area (Å²) in [6.45, 7) is 2.63. The number of halogens is 1. The molecule has 0 saturated carbocycles. The summed E-state index contributed by atoms with van der Waals surface area (Å²) in [5, 5.41) is 3.28. The summed E-state index contributed by atoms with van der Waals surface area (Å²) in [5.74, 6) is -0.169. The standard InChI is InChI=1S/C13H16FN3/c1-10(12-5-3-4-6-13(12)14)16-8-11-7-15-9-17(11)2/h3-7,9-10,16H,8H2,1-2H3. The van der Waals surface area contributed by atoms with Crippen LogP contribution in [0.15, 0.2) is 36.8 Å². The van der Waals surface area contributed by atoms with E-state index in [2.05, 4.69) is 10.3 Å². The lowest BCUT2D eigenvalue weighted by atomic mass is 10.1. The summed E-state index contributed by atoms with van der Waals surface area (Å²) >= 11 is 0. The largest absolute Gasteiger partial charge is 0.337 e. The van der Waals surface area contributed by atoms with E-state index >= 15 is 0 Å². The first-order valence-electron chi connectivity index (χ1n) is 5.61. The van der Waals surface area contributed by atoms with Crippen molar-refractivity contribution in [3.8, 4) is 0 Å². The highest BCUT2D eigenvalue weighted by Crippen LogP contribution is 2.16. The first kappa shape index (κ1) is 11.8. The van der Waals surface area contributed by atoms with Crippen LogP contribution in [-0.2, 0) is 13.6 Å². The number of hydrogen-bond donors (Lipinski definition) is 1. The molecule has 0 amide bonds. The summed E-state index contributed by atoms with van der Waals surface area (Å²) < 4.78 is 15.5. The topological polar surface area (TPSA) is 29.9 Å². The van der Waals surface area contributed by atoms with Crippen molar-refractivity contribution in [1.82, 2.24) is 14.9 Å². The van der Waals surface area contributed by atoms with Crippen LogP contribution in [0.5, 0.6) is 0 Å². The van der Waals surface area contributed by atoms with E-state index in [0.717, 1.165) is 5.69 Å². The zero-order valence-corrected chi connectivity index (χ0v) is 10.0. The highest BCUT2D eigenvalue weighted by Gasteiger charge is 2.09. The summed E-state index contributed by atoms with van der Waals surface area (Å²) in [5.41, 5.74) is 1.77. The Labute approximate surface area is 100 Å². The van der Waals surface area contributed by atoms with Gasteiger partial charge in [0.05, 0.1) is 12.0 Å². The van der Waals surface area contributed by atoms with Crippen LogP contribution in [0.4, 0.5) is 4.39 Å². The lowest BCUT2D eigenvalue weighted by Crippen LogP contribution is -2.20. The van der Waals surface area contributed by atoms with Crippen molar-refractivity contribution in [2.75, 3.05) is 0 Å². The van der Waals surface area contributed by atoms with Gasteiger partial charge < -0.3 is 9.88 Å². The third kappa shape index (κ3) is 2.71. The van der Waals surface area contributed by atoms with Crippen molar-refractivity contribution in [3.63, 3.8) is 0 Å². The molecule has 0 radical (unpaired) electrons. The van der Waals surface area contributed by atoms with Crippen LogP contribution in [0.1, 0.15) is 24.2 Å². The van der Waals surface area contributed by atoms with Crippen LogP contribution in [0.2, 0.25) is 0 Å². The monoisotopic (exact) mass is 233 g/mol. The van der Waals surface area contributed by atoms with Gasteiger partial charge in [0.1, 0.15) is 5.82 Å².